The van der Waals surface area contributed by atoms with Crippen LogP contribution in [-0.4, -0.2) is 28.5 Å². The van der Waals surface area contributed by atoms with Gasteiger partial charge >= 0.3 is 0 Å². The molecule has 2 fully saturated rings. The van der Waals surface area contributed by atoms with Crippen LogP contribution in [0.25, 0.3) is 0 Å². The summed E-state index contributed by atoms with van der Waals surface area (Å²) in [6.45, 7) is 2.67. The molecule has 3 rings (SSSR count). The first-order chi connectivity index (χ1) is 8.78. The minimum atomic E-state index is 0.650. The van der Waals surface area contributed by atoms with E-state index in [1.807, 2.05) is 19.1 Å². The van der Waals surface area contributed by atoms with Crippen LogP contribution in [-0.2, 0) is 0 Å². The highest BCUT2D eigenvalue weighted by Gasteiger charge is 2.40. The maximum atomic E-state index is 5.50. The molecule has 3 nitrogen and oxygen atoms in total. The first-order valence-corrected chi connectivity index (χ1v) is 7.71. The minimum Gasteiger partial charge on any atom is -0.478 e. The topological polar surface area (TPSA) is 25.4 Å². The SMILES string of the molecule is CCOc1cccc(N2C3CCC2CC(Br)C3)n1. The molecule has 18 heavy (non-hydrogen) atoms. The van der Waals surface area contributed by atoms with Crippen LogP contribution < -0.4 is 9.64 Å². The third-order valence-corrected chi connectivity index (χ3v) is 4.69. The molecule has 0 amide bonds. The second-order valence-electron chi connectivity index (χ2n) is 5.13. The van der Waals surface area contributed by atoms with Crippen LogP contribution in [0.3, 0.4) is 0 Å². The number of piperidine rings is 1. The fourth-order valence-electron chi connectivity index (χ4n) is 3.26. The Morgan fingerprint density at radius 2 is 2.06 bits per heavy atom. The largest absolute Gasteiger partial charge is 0.478 e. The molecule has 2 aliphatic heterocycles. The third kappa shape index (κ3) is 2.22. The second kappa shape index (κ2) is 5.08. The van der Waals surface area contributed by atoms with Crippen LogP contribution in [0.1, 0.15) is 32.6 Å². The number of alkyl halides is 1. The maximum Gasteiger partial charge on any atom is 0.215 e. The molecule has 2 unspecified atom stereocenters. The molecule has 0 N–H and O–H groups in total. The zero-order valence-electron chi connectivity index (χ0n) is 10.7. The molecule has 0 aromatic carbocycles. The van der Waals surface area contributed by atoms with Crippen molar-refractivity contribution >= 4 is 21.7 Å². The van der Waals surface area contributed by atoms with Gasteiger partial charge in [0.15, 0.2) is 0 Å². The number of anilines is 1. The predicted octanol–water partition coefficient (Wildman–Crippen LogP) is 3.38. The Balaban J connectivity index is 1.84. The summed E-state index contributed by atoms with van der Waals surface area (Å²) >= 11 is 3.78. The Hall–Kier alpha value is -0.770. The van der Waals surface area contributed by atoms with Crippen molar-refractivity contribution in [3.8, 4) is 5.88 Å². The quantitative estimate of drug-likeness (QED) is 0.800. The number of hydrogen-bond acceptors (Lipinski definition) is 3. The summed E-state index contributed by atoms with van der Waals surface area (Å²) in [7, 11) is 0. The van der Waals surface area contributed by atoms with E-state index in [1.165, 1.54) is 25.7 Å². The summed E-state index contributed by atoms with van der Waals surface area (Å²) in [5.74, 6) is 1.84. The average molecular weight is 311 g/mol. The summed E-state index contributed by atoms with van der Waals surface area (Å²) in [5.41, 5.74) is 0. The van der Waals surface area contributed by atoms with E-state index >= 15 is 0 Å². The van der Waals surface area contributed by atoms with Crippen molar-refractivity contribution in [3.63, 3.8) is 0 Å². The fraction of sp³-hybridized carbons (Fsp3) is 0.643. The Kier molecular flexibility index (Phi) is 3.46. The van der Waals surface area contributed by atoms with E-state index in [2.05, 4.69) is 31.9 Å². The molecule has 0 saturated carbocycles. The molecule has 2 atom stereocenters. The zero-order valence-corrected chi connectivity index (χ0v) is 12.3. The van der Waals surface area contributed by atoms with E-state index in [9.17, 15) is 0 Å². The molecular weight excluding hydrogens is 292 g/mol. The Morgan fingerprint density at radius 1 is 1.33 bits per heavy atom. The fourth-order valence-corrected chi connectivity index (χ4v) is 4.12. The summed E-state index contributed by atoms with van der Waals surface area (Å²) in [6.07, 6.45) is 5.06. The van der Waals surface area contributed by atoms with E-state index in [-0.39, 0.29) is 0 Å². The van der Waals surface area contributed by atoms with Gasteiger partial charge in [0, 0.05) is 23.0 Å². The molecule has 0 aliphatic carbocycles. The van der Waals surface area contributed by atoms with Gasteiger partial charge in [-0.25, -0.2) is 0 Å². The molecule has 98 valence electrons. The van der Waals surface area contributed by atoms with Gasteiger partial charge in [0.25, 0.3) is 0 Å². The van der Waals surface area contributed by atoms with E-state index < -0.39 is 0 Å². The highest BCUT2D eigenvalue weighted by atomic mass is 79.9. The number of rotatable bonds is 3. The van der Waals surface area contributed by atoms with Crippen molar-refractivity contribution < 1.29 is 4.74 Å². The number of aromatic nitrogens is 1. The molecule has 1 aromatic heterocycles. The Bertz CT molecular complexity index is 412. The average Bonchev–Trinajstić information content (AvgIpc) is 2.63. The van der Waals surface area contributed by atoms with Crippen molar-refractivity contribution in [3.05, 3.63) is 18.2 Å². The Labute approximate surface area is 117 Å². The second-order valence-corrected chi connectivity index (χ2v) is 6.42. The van der Waals surface area contributed by atoms with Gasteiger partial charge in [-0.05, 0) is 38.7 Å². The van der Waals surface area contributed by atoms with Gasteiger partial charge in [0.2, 0.25) is 5.88 Å². The number of hydrogen-bond donors (Lipinski definition) is 0. The summed E-state index contributed by atoms with van der Waals surface area (Å²) in [5, 5.41) is 0. The number of halogens is 1. The van der Waals surface area contributed by atoms with Crippen molar-refractivity contribution in [2.45, 2.75) is 49.5 Å². The highest BCUT2D eigenvalue weighted by molar-refractivity contribution is 9.09. The number of ether oxygens (including phenoxy) is 1. The number of nitrogens with zero attached hydrogens (tertiary/aromatic N) is 2. The standard InChI is InChI=1S/C14H19BrN2O/c1-2-18-14-5-3-4-13(16-14)17-11-6-7-12(17)9-10(15)8-11/h3-5,10-12H,2,6-9H2,1H3. The van der Waals surface area contributed by atoms with Gasteiger partial charge < -0.3 is 9.64 Å². The lowest BCUT2D eigenvalue weighted by Gasteiger charge is -2.38. The molecule has 1 aromatic rings. The molecule has 4 heteroatoms. The van der Waals surface area contributed by atoms with Crippen molar-refractivity contribution in [1.29, 1.82) is 0 Å². The van der Waals surface area contributed by atoms with Crippen molar-refractivity contribution in [2.75, 3.05) is 11.5 Å². The smallest absolute Gasteiger partial charge is 0.215 e. The highest BCUT2D eigenvalue weighted by Crippen LogP contribution is 2.40. The molecule has 2 saturated heterocycles. The lowest BCUT2D eigenvalue weighted by Crippen LogP contribution is -2.43. The van der Waals surface area contributed by atoms with E-state index in [1.54, 1.807) is 0 Å². The van der Waals surface area contributed by atoms with Gasteiger partial charge in [-0.15, -0.1) is 0 Å². The molecule has 2 bridgehead atoms. The van der Waals surface area contributed by atoms with Gasteiger partial charge in [-0.2, -0.15) is 4.98 Å². The minimum absolute atomic E-state index is 0.650. The molecule has 0 radical (unpaired) electrons. The molecule has 0 spiro atoms. The van der Waals surface area contributed by atoms with E-state index in [0.717, 1.165) is 11.7 Å². The number of pyridine rings is 1. The van der Waals surface area contributed by atoms with Crippen molar-refractivity contribution in [2.24, 2.45) is 0 Å². The van der Waals surface area contributed by atoms with Crippen LogP contribution in [0.15, 0.2) is 18.2 Å². The first kappa shape index (κ1) is 12.3. The molecule has 3 heterocycles. The summed E-state index contributed by atoms with van der Waals surface area (Å²) in [4.78, 5) is 7.84. The van der Waals surface area contributed by atoms with E-state index in [4.69, 9.17) is 4.74 Å². The summed E-state index contributed by atoms with van der Waals surface area (Å²) in [6, 6.07) is 7.40. The van der Waals surface area contributed by atoms with Crippen LogP contribution >= 0.6 is 15.9 Å². The van der Waals surface area contributed by atoms with E-state index in [0.29, 0.717) is 23.5 Å². The van der Waals surface area contributed by atoms with Gasteiger partial charge in [-0.1, -0.05) is 22.0 Å². The van der Waals surface area contributed by atoms with Crippen LogP contribution in [0, 0.1) is 0 Å². The molecular formula is C14H19BrN2O. The third-order valence-electron chi connectivity index (χ3n) is 3.94. The van der Waals surface area contributed by atoms with Gasteiger partial charge in [-0.3, -0.25) is 0 Å². The maximum absolute atomic E-state index is 5.50. The summed E-state index contributed by atoms with van der Waals surface area (Å²) < 4.78 is 5.50. The van der Waals surface area contributed by atoms with Crippen LogP contribution in [0.5, 0.6) is 5.88 Å². The lowest BCUT2D eigenvalue weighted by molar-refractivity contribution is 0.326. The molecule has 2 aliphatic rings. The zero-order chi connectivity index (χ0) is 12.5. The lowest BCUT2D eigenvalue weighted by atomic mass is 10.0. The number of fused-ring (bicyclic) bond motifs is 2. The predicted molar refractivity (Wildman–Crippen MR) is 76.6 cm³/mol. The van der Waals surface area contributed by atoms with Gasteiger partial charge in [0.1, 0.15) is 5.82 Å². The van der Waals surface area contributed by atoms with Gasteiger partial charge in [0.05, 0.1) is 6.61 Å². The van der Waals surface area contributed by atoms with Crippen molar-refractivity contribution in [1.82, 2.24) is 4.98 Å². The van der Waals surface area contributed by atoms with Crippen LogP contribution in [0.4, 0.5) is 5.82 Å². The first-order valence-electron chi connectivity index (χ1n) is 6.80. The monoisotopic (exact) mass is 310 g/mol. The Morgan fingerprint density at radius 3 is 2.72 bits per heavy atom. The van der Waals surface area contributed by atoms with Crippen LogP contribution in [0.2, 0.25) is 0 Å². The normalized spacial score (nSPS) is 30.6.